The molecule has 17 heavy (non-hydrogen) atoms. The highest BCUT2D eigenvalue weighted by Gasteiger charge is 2.16. The predicted molar refractivity (Wildman–Crippen MR) is 65.5 cm³/mol. The molecule has 0 heterocycles. The van der Waals surface area contributed by atoms with E-state index in [1.54, 1.807) is 19.2 Å². The lowest BCUT2D eigenvalue weighted by atomic mass is 10.1. The van der Waals surface area contributed by atoms with Crippen molar-refractivity contribution in [3.63, 3.8) is 0 Å². The Morgan fingerprint density at radius 2 is 2.06 bits per heavy atom. The summed E-state index contributed by atoms with van der Waals surface area (Å²) in [5.74, 6) is 0.190. The second kappa shape index (κ2) is 5.98. The van der Waals surface area contributed by atoms with Crippen LogP contribution in [0.2, 0.25) is 0 Å². The SMILES string of the molecule is COC(C)(C)CCOc1cccc(F)c1CN. The zero-order chi connectivity index (χ0) is 12.9. The molecule has 0 aliphatic rings. The Morgan fingerprint density at radius 1 is 1.35 bits per heavy atom. The number of rotatable bonds is 6. The van der Waals surface area contributed by atoms with Crippen LogP contribution in [0, 0.1) is 5.82 Å². The molecule has 0 atom stereocenters. The standard InChI is InChI=1S/C13H20FNO2/c1-13(2,16-3)7-8-17-12-6-4-5-11(14)10(12)9-15/h4-6H,7-9,15H2,1-3H3. The van der Waals surface area contributed by atoms with Gasteiger partial charge in [0, 0.05) is 25.6 Å². The van der Waals surface area contributed by atoms with Gasteiger partial charge in [0.05, 0.1) is 12.2 Å². The summed E-state index contributed by atoms with van der Waals surface area (Å²) in [5, 5.41) is 0. The summed E-state index contributed by atoms with van der Waals surface area (Å²) < 4.78 is 24.2. The lowest BCUT2D eigenvalue weighted by Crippen LogP contribution is -2.25. The third-order valence-corrected chi connectivity index (χ3v) is 2.79. The molecule has 0 unspecified atom stereocenters. The van der Waals surface area contributed by atoms with E-state index in [0.29, 0.717) is 17.9 Å². The van der Waals surface area contributed by atoms with Gasteiger partial charge in [0.25, 0.3) is 0 Å². The van der Waals surface area contributed by atoms with Gasteiger partial charge in [0.2, 0.25) is 0 Å². The Morgan fingerprint density at radius 3 is 2.65 bits per heavy atom. The third kappa shape index (κ3) is 3.98. The Kier molecular flexibility index (Phi) is 4.90. The van der Waals surface area contributed by atoms with Crippen molar-refractivity contribution in [3.8, 4) is 5.75 Å². The maximum atomic E-state index is 13.4. The van der Waals surface area contributed by atoms with Gasteiger partial charge >= 0.3 is 0 Å². The van der Waals surface area contributed by atoms with Crippen molar-refractivity contribution in [2.24, 2.45) is 5.73 Å². The van der Waals surface area contributed by atoms with E-state index in [1.165, 1.54) is 6.07 Å². The monoisotopic (exact) mass is 241 g/mol. The molecule has 96 valence electrons. The van der Waals surface area contributed by atoms with Crippen molar-refractivity contribution >= 4 is 0 Å². The van der Waals surface area contributed by atoms with E-state index in [2.05, 4.69) is 0 Å². The van der Waals surface area contributed by atoms with Crippen LogP contribution in [-0.4, -0.2) is 19.3 Å². The molecule has 0 bridgehead atoms. The number of ether oxygens (including phenoxy) is 2. The molecule has 0 aliphatic carbocycles. The van der Waals surface area contributed by atoms with Crippen molar-refractivity contribution in [2.75, 3.05) is 13.7 Å². The van der Waals surface area contributed by atoms with Crippen molar-refractivity contribution in [2.45, 2.75) is 32.4 Å². The van der Waals surface area contributed by atoms with E-state index in [1.807, 2.05) is 13.8 Å². The van der Waals surface area contributed by atoms with Crippen LogP contribution >= 0.6 is 0 Å². The molecule has 0 amide bonds. The molecule has 0 aliphatic heterocycles. The number of halogens is 1. The molecule has 1 rings (SSSR count). The first-order valence-corrected chi connectivity index (χ1v) is 5.65. The van der Waals surface area contributed by atoms with Gasteiger partial charge in [-0.1, -0.05) is 6.07 Å². The Bertz CT molecular complexity index is 366. The van der Waals surface area contributed by atoms with Gasteiger partial charge in [-0.05, 0) is 26.0 Å². The first-order chi connectivity index (χ1) is 8.00. The summed E-state index contributed by atoms with van der Waals surface area (Å²) in [7, 11) is 1.66. The van der Waals surface area contributed by atoms with E-state index in [0.717, 1.165) is 6.42 Å². The van der Waals surface area contributed by atoms with E-state index in [9.17, 15) is 4.39 Å². The summed E-state index contributed by atoms with van der Waals surface area (Å²) in [4.78, 5) is 0. The number of hydrogen-bond donors (Lipinski definition) is 1. The van der Waals surface area contributed by atoms with Gasteiger partial charge in [-0.3, -0.25) is 0 Å². The molecule has 3 nitrogen and oxygen atoms in total. The van der Waals surface area contributed by atoms with Crippen molar-refractivity contribution < 1.29 is 13.9 Å². The topological polar surface area (TPSA) is 44.5 Å². The van der Waals surface area contributed by atoms with E-state index in [-0.39, 0.29) is 18.0 Å². The minimum atomic E-state index is -0.323. The first-order valence-electron chi connectivity index (χ1n) is 5.65. The quantitative estimate of drug-likeness (QED) is 0.832. The van der Waals surface area contributed by atoms with E-state index >= 15 is 0 Å². The Labute approximate surface area is 102 Å². The number of nitrogens with two attached hydrogens (primary N) is 1. The third-order valence-electron chi connectivity index (χ3n) is 2.79. The van der Waals surface area contributed by atoms with Gasteiger partial charge in [-0.25, -0.2) is 4.39 Å². The lowest BCUT2D eigenvalue weighted by Gasteiger charge is -2.23. The fourth-order valence-electron chi connectivity index (χ4n) is 1.38. The minimum Gasteiger partial charge on any atom is -0.493 e. The Hall–Kier alpha value is -1.13. The minimum absolute atomic E-state index is 0.135. The molecule has 0 fully saturated rings. The highest BCUT2D eigenvalue weighted by Crippen LogP contribution is 2.22. The molecule has 0 radical (unpaired) electrons. The predicted octanol–water partition coefficient (Wildman–Crippen LogP) is 2.48. The fraction of sp³-hybridized carbons (Fsp3) is 0.538. The molecule has 1 aromatic carbocycles. The number of benzene rings is 1. The maximum Gasteiger partial charge on any atom is 0.131 e. The molecule has 2 N–H and O–H groups in total. The van der Waals surface area contributed by atoms with Crippen LogP contribution in [0.5, 0.6) is 5.75 Å². The highest BCUT2D eigenvalue weighted by molar-refractivity contribution is 5.34. The van der Waals surface area contributed by atoms with Gasteiger partial charge in [0.1, 0.15) is 11.6 Å². The second-order valence-electron chi connectivity index (χ2n) is 4.48. The maximum absolute atomic E-state index is 13.4. The normalized spacial score (nSPS) is 11.6. The van der Waals surface area contributed by atoms with Crippen LogP contribution in [0.4, 0.5) is 4.39 Å². The van der Waals surface area contributed by atoms with E-state index < -0.39 is 0 Å². The summed E-state index contributed by atoms with van der Waals surface area (Å²) in [6, 6.07) is 4.73. The molecule has 1 aromatic rings. The first kappa shape index (κ1) is 13.9. The van der Waals surface area contributed by atoms with Gasteiger partial charge in [0.15, 0.2) is 0 Å². The smallest absolute Gasteiger partial charge is 0.131 e. The summed E-state index contributed by atoms with van der Waals surface area (Å²) in [6.45, 7) is 4.56. The van der Waals surface area contributed by atoms with Crippen LogP contribution < -0.4 is 10.5 Å². The molecule has 0 spiro atoms. The van der Waals surface area contributed by atoms with Crippen molar-refractivity contribution in [1.29, 1.82) is 0 Å². The van der Waals surface area contributed by atoms with Gasteiger partial charge < -0.3 is 15.2 Å². The summed E-state index contributed by atoms with van der Waals surface area (Å²) in [6.07, 6.45) is 0.726. The molecule has 0 saturated heterocycles. The zero-order valence-corrected chi connectivity index (χ0v) is 10.6. The molecule has 0 aromatic heterocycles. The second-order valence-corrected chi connectivity index (χ2v) is 4.48. The lowest BCUT2D eigenvalue weighted by molar-refractivity contribution is 0.00536. The molecular formula is C13H20FNO2. The summed E-state index contributed by atoms with van der Waals surface area (Å²) >= 11 is 0. The highest BCUT2D eigenvalue weighted by atomic mass is 19.1. The van der Waals surface area contributed by atoms with Crippen molar-refractivity contribution in [1.82, 2.24) is 0 Å². The van der Waals surface area contributed by atoms with Crippen molar-refractivity contribution in [3.05, 3.63) is 29.6 Å². The fourth-order valence-corrected chi connectivity index (χ4v) is 1.38. The number of methoxy groups -OCH3 is 1. The zero-order valence-electron chi connectivity index (χ0n) is 10.6. The molecular weight excluding hydrogens is 221 g/mol. The van der Waals surface area contributed by atoms with Crippen LogP contribution in [0.1, 0.15) is 25.8 Å². The average molecular weight is 241 g/mol. The molecule has 4 heteroatoms. The Balaban J connectivity index is 2.61. The van der Waals surface area contributed by atoms with Gasteiger partial charge in [-0.2, -0.15) is 0 Å². The van der Waals surface area contributed by atoms with Crippen LogP contribution in [0.25, 0.3) is 0 Å². The molecule has 0 saturated carbocycles. The van der Waals surface area contributed by atoms with Crippen LogP contribution in [-0.2, 0) is 11.3 Å². The largest absolute Gasteiger partial charge is 0.493 e. The van der Waals surface area contributed by atoms with Crippen LogP contribution in [0.3, 0.4) is 0 Å². The van der Waals surface area contributed by atoms with E-state index in [4.69, 9.17) is 15.2 Å². The van der Waals surface area contributed by atoms with Gasteiger partial charge in [-0.15, -0.1) is 0 Å². The van der Waals surface area contributed by atoms with Crippen LogP contribution in [0.15, 0.2) is 18.2 Å². The summed E-state index contributed by atoms with van der Waals surface area (Å²) in [5.41, 5.74) is 5.67. The average Bonchev–Trinajstić information content (AvgIpc) is 2.29. The number of hydrogen-bond acceptors (Lipinski definition) is 3.